The van der Waals surface area contributed by atoms with Crippen LogP contribution in [0.4, 0.5) is 5.69 Å². The van der Waals surface area contributed by atoms with Crippen LogP contribution in [0.15, 0.2) is 36.5 Å². The van der Waals surface area contributed by atoms with Gasteiger partial charge in [-0.1, -0.05) is 0 Å². The summed E-state index contributed by atoms with van der Waals surface area (Å²) in [5, 5.41) is 7.30. The summed E-state index contributed by atoms with van der Waals surface area (Å²) in [6.07, 6.45) is 1.91. The molecule has 2 rings (SSSR count). The lowest BCUT2D eigenvalue weighted by Crippen LogP contribution is -1.98. The SMILES string of the molecule is CNc1ccc(OCc2ccn(C)n2)cc1. The molecule has 4 heteroatoms. The first-order chi connectivity index (χ1) is 7.78. The fourth-order valence-corrected chi connectivity index (χ4v) is 1.42. The van der Waals surface area contributed by atoms with Crippen molar-refractivity contribution in [3.05, 3.63) is 42.2 Å². The molecule has 0 bridgehead atoms. The van der Waals surface area contributed by atoms with Crippen LogP contribution < -0.4 is 10.1 Å². The number of nitrogens with zero attached hydrogens (tertiary/aromatic N) is 2. The van der Waals surface area contributed by atoms with Crippen LogP contribution in [0.2, 0.25) is 0 Å². The number of aromatic nitrogens is 2. The molecule has 2 aromatic rings. The Bertz CT molecular complexity index is 448. The molecule has 1 aromatic heterocycles. The van der Waals surface area contributed by atoms with E-state index in [0.717, 1.165) is 17.1 Å². The third-order valence-corrected chi connectivity index (χ3v) is 2.30. The van der Waals surface area contributed by atoms with Gasteiger partial charge in [0.1, 0.15) is 12.4 Å². The normalized spacial score (nSPS) is 10.1. The van der Waals surface area contributed by atoms with Crippen LogP contribution in [-0.4, -0.2) is 16.8 Å². The summed E-state index contributed by atoms with van der Waals surface area (Å²) in [5.41, 5.74) is 2.00. The van der Waals surface area contributed by atoms with Gasteiger partial charge in [-0.15, -0.1) is 0 Å². The number of nitrogens with one attached hydrogen (secondary N) is 1. The predicted molar refractivity (Wildman–Crippen MR) is 63.5 cm³/mol. The summed E-state index contributed by atoms with van der Waals surface area (Å²) in [7, 11) is 3.79. The maximum atomic E-state index is 5.60. The van der Waals surface area contributed by atoms with Crippen LogP contribution >= 0.6 is 0 Å². The molecule has 0 radical (unpaired) electrons. The molecular formula is C12H15N3O. The lowest BCUT2D eigenvalue weighted by Gasteiger charge is -2.05. The van der Waals surface area contributed by atoms with Crippen molar-refractivity contribution in [1.82, 2.24) is 9.78 Å². The number of anilines is 1. The Balaban J connectivity index is 1.94. The fraction of sp³-hybridized carbons (Fsp3) is 0.250. The molecule has 0 amide bonds. The molecule has 0 aliphatic rings. The molecular weight excluding hydrogens is 202 g/mol. The van der Waals surface area contributed by atoms with Crippen LogP contribution in [0.25, 0.3) is 0 Å². The van der Waals surface area contributed by atoms with Gasteiger partial charge >= 0.3 is 0 Å². The van der Waals surface area contributed by atoms with Crippen molar-refractivity contribution in [2.45, 2.75) is 6.61 Å². The maximum Gasteiger partial charge on any atom is 0.132 e. The lowest BCUT2D eigenvalue weighted by atomic mass is 10.3. The third-order valence-electron chi connectivity index (χ3n) is 2.30. The zero-order chi connectivity index (χ0) is 11.4. The van der Waals surface area contributed by atoms with Crippen molar-refractivity contribution in [3.8, 4) is 5.75 Å². The molecule has 1 aromatic carbocycles. The topological polar surface area (TPSA) is 39.1 Å². The second-order valence-corrected chi connectivity index (χ2v) is 3.54. The van der Waals surface area contributed by atoms with E-state index < -0.39 is 0 Å². The molecule has 0 saturated heterocycles. The van der Waals surface area contributed by atoms with Gasteiger partial charge in [0, 0.05) is 26.0 Å². The van der Waals surface area contributed by atoms with E-state index in [0.29, 0.717) is 6.61 Å². The van der Waals surface area contributed by atoms with Gasteiger partial charge in [-0.05, 0) is 30.3 Å². The average Bonchev–Trinajstić information content (AvgIpc) is 2.73. The minimum Gasteiger partial charge on any atom is -0.487 e. The highest BCUT2D eigenvalue weighted by molar-refractivity contribution is 5.45. The van der Waals surface area contributed by atoms with E-state index in [1.807, 2.05) is 50.6 Å². The monoisotopic (exact) mass is 217 g/mol. The van der Waals surface area contributed by atoms with Gasteiger partial charge < -0.3 is 10.1 Å². The van der Waals surface area contributed by atoms with Gasteiger partial charge in [0.15, 0.2) is 0 Å². The van der Waals surface area contributed by atoms with Crippen molar-refractivity contribution >= 4 is 5.69 Å². The van der Waals surface area contributed by atoms with Crippen molar-refractivity contribution in [2.24, 2.45) is 7.05 Å². The van der Waals surface area contributed by atoms with Gasteiger partial charge in [0.2, 0.25) is 0 Å². The van der Waals surface area contributed by atoms with Crippen LogP contribution in [0.5, 0.6) is 5.75 Å². The van der Waals surface area contributed by atoms with Crippen molar-refractivity contribution < 1.29 is 4.74 Å². The van der Waals surface area contributed by atoms with E-state index in [2.05, 4.69) is 10.4 Å². The Morgan fingerprint density at radius 1 is 1.25 bits per heavy atom. The largest absolute Gasteiger partial charge is 0.487 e. The molecule has 1 N–H and O–H groups in total. The molecule has 0 spiro atoms. The standard InChI is InChI=1S/C12H15N3O/c1-13-10-3-5-12(6-4-10)16-9-11-7-8-15(2)14-11/h3-8,13H,9H2,1-2H3. The maximum absolute atomic E-state index is 5.60. The fourth-order valence-electron chi connectivity index (χ4n) is 1.42. The molecule has 0 saturated carbocycles. The second-order valence-electron chi connectivity index (χ2n) is 3.54. The highest BCUT2D eigenvalue weighted by Crippen LogP contribution is 2.16. The van der Waals surface area contributed by atoms with Crippen LogP contribution in [0.3, 0.4) is 0 Å². The molecule has 0 aliphatic carbocycles. The van der Waals surface area contributed by atoms with E-state index in [4.69, 9.17) is 4.74 Å². The number of aryl methyl sites for hydroxylation is 1. The summed E-state index contributed by atoms with van der Waals surface area (Å²) in [4.78, 5) is 0. The zero-order valence-corrected chi connectivity index (χ0v) is 9.47. The Morgan fingerprint density at radius 3 is 2.56 bits per heavy atom. The summed E-state index contributed by atoms with van der Waals surface area (Å²) >= 11 is 0. The lowest BCUT2D eigenvalue weighted by molar-refractivity contribution is 0.300. The smallest absolute Gasteiger partial charge is 0.132 e. The third kappa shape index (κ3) is 2.53. The molecule has 4 nitrogen and oxygen atoms in total. The predicted octanol–water partition coefficient (Wildman–Crippen LogP) is 2.04. The number of hydrogen-bond acceptors (Lipinski definition) is 3. The molecule has 0 unspecified atom stereocenters. The first-order valence-corrected chi connectivity index (χ1v) is 5.17. The highest BCUT2D eigenvalue weighted by atomic mass is 16.5. The number of benzene rings is 1. The molecule has 16 heavy (non-hydrogen) atoms. The minimum atomic E-state index is 0.500. The Morgan fingerprint density at radius 2 is 2.00 bits per heavy atom. The van der Waals surface area contributed by atoms with Crippen molar-refractivity contribution in [1.29, 1.82) is 0 Å². The molecule has 0 aliphatic heterocycles. The van der Waals surface area contributed by atoms with E-state index in [-0.39, 0.29) is 0 Å². The number of ether oxygens (including phenoxy) is 1. The van der Waals surface area contributed by atoms with E-state index in [9.17, 15) is 0 Å². The molecule has 1 heterocycles. The van der Waals surface area contributed by atoms with Crippen LogP contribution in [0.1, 0.15) is 5.69 Å². The molecule has 84 valence electrons. The highest BCUT2D eigenvalue weighted by Gasteiger charge is 1.98. The number of hydrogen-bond donors (Lipinski definition) is 1. The Hall–Kier alpha value is -1.97. The van der Waals surface area contributed by atoms with Crippen LogP contribution in [-0.2, 0) is 13.7 Å². The Kier molecular flexibility index (Phi) is 3.10. The summed E-state index contributed by atoms with van der Waals surface area (Å²) < 4.78 is 7.37. The van der Waals surface area contributed by atoms with E-state index >= 15 is 0 Å². The van der Waals surface area contributed by atoms with Gasteiger partial charge in [-0.2, -0.15) is 5.10 Å². The molecule has 0 atom stereocenters. The van der Waals surface area contributed by atoms with Crippen molar-refractivity contribution in [3.63, 3.8) is 0 Å². The first kappa shape index (κ1) is 10.5. The second kappa shape index (κ2) is 4.70. The van der Waals surface area contributed by atoms with Crippen LogP contribution in [0, 0.1) is 0 Å². The van der Waals surface area contributed by atoms with Crippen molar-refractivity contribution in [2.75, 3.05) is 12.4 Å². The summed E-state index contributed by atoms with van der Waals surface area (Å²) in [6, 6.07) is 9.78. The number of rotatable bonds is 4. The minimum absolute atomic E-state index is 0.500. The first-order valence-electron chi connectivity index (χ1n) is 5.17. The Labute approximate surface area is 94.9 Å². The van der Waals surface area contributed by atoms with E-state index in [1.54, 1.807) is 4.68 Å². The molecule has 0 fully saturated rings. The van der Waals surface area contributed by atoms with Gasteiger partial charge in [0.25, 0.3) is 0 Å². The summed E-state index contributed by atoms with van der Waals surface area (Å²) in [5.74, 6) is 0.852. The van der Waals surface area contributed by atoms with E-state index in [1.165, 1.54) is 0 Å². The average molecular weight is 217 g/mol. The van der Waals surface area contributed by atoms with Gasteiger partial charge in [-0.3, -0.25) is 4.68 Å². The van der Waals surface area contributed by atoms with Gasteiger partial charge in [0.05, 0.1) is 5.69 Å². The van der Waals surface area contributed by atoms with Gasteiger partial charge in [-0.25, -0.2) is 0 Å². The summed E-state index contributed by atoms with van der Waals surface area (Å²) in [6.45, 7) is 0.500. The zero-order valence-electron chi connectivity index (χ0n) is 9.47. The quantitative estimate of drug-likeness (QED) is 0.851.